The third kappa shape index (κ3) is 4.24. The van der Waals surface area contributed by atoms with Crippen molar-refractivity contribution in [3.05, 3.63) is 52.5 Å². The van der Waals surface area contributed by atoms with Crippen molar-refractivity contribution in [1.82, 2.24) is 4.98 Å². The molecule has 146 valence electrons. The van der Waals surface area contributed by atoms with Gasteiger partial charge in [0.2, 0.25) is 5.91 Å². The SMILES string of the molecule is Cc1ccc(NC(=O)CSc2nc3cc4c(cc3cc2C#N)OCCO4)cc1Cl. The van der Waals surface area contributed by atoms with E-state index in [0.717, 1.165) is 10.9 Å². The number of aryl methyl sites for hydroxylation is 1. The summed E-state index contributed by atoms with van der Waals surface area (Å²) in [4.78, 5) is 16.9. The Kier molecular flexibility index (Phi) is 5.47. The molecule has 1 aliphatic heterocycles. The van der Waals surface area contributed by atoms with Gasteiger partial charge in [-0.25, -0.2) is 4.98 Å². The zero-order valence-corrected chi connectivity index (χ0v) is 17.1. The lowest BCUT2D eigenvalue weighted by Crippen LogP contribution is -2.15. The normalized spacial score (nSPS) is 12.4. The van der Waals surface area contributed by atoms with Crippen molar-refractivity contribution in [2.24, 2.45) is 0 Å². The van der Waals surface area contributed by atoms with E-state index in [4.69, 9.17) is 21.1 Å². The van der Waals surface area contributed by atoms with E-state index in [1.54, 1.807) is 24.3 Å². The zero-order chi connectivity index (χ0) is 20.4. The van der Waals surface area contributed by atoms with Gasteiger partial charge >= 0.3 is 0 Å². The molecule has 0 saturated carbocycles. The Labute approximate surface area is 176 Å². The molecule has 8 heteroatoms. The second-order valence-electron chi connectivity index (χ2n) is 6.44. The number of pyridine rings is 1. The van der Waals surface area contributed by atoms with E-state index >= 15 is 0 Å². The Morgan fingerprint density at radius 3 is 2.72 bits per heavy atom. The molecule has 6 nitrogen and oxygen atoms in total. The average molecular weight is 426 g/mol. The summed E-state index contributed by atoms with van der Waals surface area (Å²) in [7, 11) is 0. The maximum Gasteiger partial charge on any atom is 0.234 e. The number of rotatable bonds is 4. The summed E-state index contributed by atoms with van der Waals surface area (Å²) in [6, 6.07) is 12.9. The predicted octanol–water partition coefficient (Wildman–Crippen LogP) is 4.57. The number of halogens is 1. The van der Waals surface area contributed by atoms with Crippen LogP contribution in [0.1, 0.15) is 11.1 Å². The van der Waals surface area contributed by atoms with Gasteiger partial charge in [0.1, 0.15) is 24.3 Å². The van der Waals surface area contributed by atoms with Crippen LogP contribution in [0.3, 0.4) is 0 Å². The molecule has 4 rings (SSSR count). The fourth-order valence-electron chi connectivity index (χ4n) is 2.88. The summed E-state index contributed by atoms with van der Waals surface area (Å²) in [6.07, 6.45) is 0. The highest BCUT2D eigenvalue weighted by Gasteiger charge is 2.16. The Hall–Kier alpha value is -2.95. The fraction of sp³-hybridized carbons (Fsp3) is 0.190. The number of hydrogen-bond donors (Lipinski definition) is 1. The van der Waals surface area contributed by atoms with Crippen LogP contribution in [0.4, 0.5) is 5.69 Å². The van der Waals surface area contributed by atoms with Crippen molar-refractivity contribution in [2.75, 3.05) is 24.3 Å². The molecule has 1 aliphatic rings. The van der Waals surface area contributed by atoms with Gasteiger partial charge in [-0.05, 0) is 36.8 Å². The van der Waals surface area contributed by atoms with Crippen molar-refractivity contribution in [3.8, 4) is 17.6 Å². The van der Waals surface area contributed by atoms with Crippen LogP contribution in [0.2, 0.25) is 5.02 Å². The summed E-state index contributed by atoms with van der Waals surface area (Å²) in [5, 5.41) is 14.2. The first-order chi connectivity index (χ1) is 14.0. The molecule has 0 unspecified atom stereocenters. The standard InChI is InChI=1S/C21H16ClN3O3S/c1-12-2-3-15(8-16(12)22)24-20(26)11-29-21-14(10-23)6-13-7-18-19(9-17(13)25-21)28-5-4-27-18/h2-3,6-9H,4-5,11H2,1H3,(H,24,26). The lowest BCUT2D eigenvalue weighted by Gasteiger charge is -2.18. The topological polar surface area (TPSA) is 84.2 Å². The smallest absolute Gasteiger partial charge is 0.234 e. The quantitative estimate of drug-likeness (QED) is 0.616. The number of nitrogens with zero attached hydrogens (tertiary/aromatic N) is 2. The molecule has 0 radical (unpaired) electrons. The number of amides is 1. The number of nitrogens with one attached hydrogen (secondary N) is 1. The molecule has 0 fully saturated rings. The van der Waals surface area contributed by atoms with Crippen molar-refractivity contribution < 1.29 is 14.3 Å². The average Bonchev–Trinajstić information content (AvgIpc) is 2.72. The number of carbonyl (C=O) groups excluding carboxylic acids is 1. The Bertz CT molecular complexity index is 1160. The van der Waals surface area contributed by atoms with Crippen LogP contribution in [0.15, 0.2) is 41.4 Å². The van der Waals surface area contributed by atoms with Gasteiger partial charge in [0, 0.05) is 22.2 Å². The molecule has 0 aliphatic carbocycles. The number of thioether (sulfide) groups is 1. The summed E-state index contributed by atoms with van der Waals surface area (Å²) in [5.41, 5.74) is 2.66. The fourth-order valence-corrected chi connectivity index (χ4v) is 3.83. The maximum atomic E-state index is 12.3. The van der Waals surface area contributed by atoms with Gasteiger partial charge in [-0.1, -0.05) is 29.4 Å². The van der Waals surface area contributed by atoms with Gasteiger partial charge in [-0.2, -0.15) is 5.26 Å². The van der Waals surface area contributed by atoms with E-state index in [9.17, 15) is 10.1 Å². The number of hydrogen-bond acceptors (Lipinski definition) is 6. The minimum atomic E-state index is -0.206. The molecule has 3 aromatic rings. The lowest BCUT2D eigenvalue weighted by atomic mass is 10.1. The second-order valence-corrected chi connectivity index (χ2v) is 7.81. The first kappa shape index (κ1) is 19.4. The summed E-state index contributed by atoms with van der Waals surface area (Å²) < 4.78 is 11.2. The number of benzene rings is 2. The van der Waals surface area contributed by atoms with E-state index in [1.807, 2.05) is 19.1 Å². The van der Waals surface area contributed by atoms with E-state index in [1.165, 1.54) is 11.8 Å². The van der Waals surface area contributed by atoms with Crippen LogP contribution in [-0.4, -0.2) is 29.9 Å². The monoisotopic (exact) mass is 425 g/mol. The number of ether oxygens (including phenoxy) is 2. The molecule has 1 amide bonds. The largest absolute Gasteiger partial charge is 0.486 e. The maximum absolute atomic E-state index is 12.3. The first-order valence-electron chi connectivity index (χ1n) is 8.87. The van der Waals surface area contributed by atoms with Gasteiger partial charge in [-0.3, -0.25) is 4.79 Å². The summed E-state index contributed by atoms with van der Waals surface area (Å²) >= 11 is 7.30. The predicted molar refractivity (Wildman–Crippen MR) is 113 cm³/mol. The number of fused-ring (bicyclic) bond motifs is 2. The Balaban J connectivity index is 1.52. The zero-order valence-electron chi connectivity index (χ0n) is 15.5. The van der Waals surface area contributed by atoms with Gasteiger partial charge in [0.05, 0.1) is 16.8 Å². The highest BCUT2D eigenvalue weighted by molar-refractivity contribution is 8.00. The van der Waals surface area contributed by atoms with Crippen LogP contribution in [0.5, 0.6) is 11.5 Å². The van der Waals surface area contributed by atoms with Crippen molar-refractivity contribution in [2.45, 2.75) is 11.9 Å². The van der Waals surface area contributed by atoms with Gasteiger partial charge in [0.15, 0.2) is 11.5 Å². The second kappa shape index (κ2) is 8.19. The molecule has 29 heavy (non-hydrogen) atoms. The van der Waals surface area contributed by atoms with E-state index < -0.39 is 0 Å². The number of aromatic nitrogens is 1. The molecule has 0 atom stereocenters. The molecule has 0 saturated heterocycles. The first-order valence-corrected chi connectivity index (χ1v) is 10.2. The Morgan fingerprint density at radius 2 is 2.00 bits per heavy atom. The Morgan fingerprint density at radius 1 is 1.24 bits per heavy atom. The highest BCUT2D eigenvalue weighted by Crippen LogP contribution is 2.35. The minimum Gasteiger partial charge on any atom is -0.486 e. The number of carbonyl (C=O) groups is 1. The van der Waals surface area contributed by atoms with Crippen LogP contribution < -0.4 is 14.8 Å². The third-order valence-electron chi connectivity index (χ3n) is 4.36. The number of anilines is 1. The van der Waals surface area contributed by atoms with Crippen molar-refractivity contribution in [3.63, 3.8) is 0 Å². The molecule has 2 aromatic carbocycles. The van der Waals surface area contributed by atoms with Crippen LogP contribution in [-0.2, 0) is 4.79 Å². The van der Waals surface area contributed by atoms with Gasteiger partial charge in [0.25, 0.3) is 0 Å². The van der Waals surface area contributed by atoms with Crippen molar-refractivity contribution in [1.29, 1.82) is 5.26 Å². The van der Waals surface area contributed by atoms with Crippen LogP contribution >= 0.6 is 23.4 Å². The van der Waals surface area contributed by atoms with E-state index in [-0.39, 0.29) is 11.7 Å². The molecule has 1 N–H and O–H groups in total. The molecular formula is C21H16ClN3O3S. The van der Waals surface area contributed by atoms with E-state index in [0.29, 0.717) is 51.5 Å². The molecule has 0 bridgehead atoms. The molecule has 0 spiro atoms. The lowest BCUT2D eigenvalue weighted by molar-refractivity contribution is -0.113. The van der Waals surface area contributed by atoms with Crippen molar-refractivity contribution >= 4 is 45.9 Å². The molecule has 1 aromatic heterocycles. The van der Waals surface area contributed by atoms with E-state index in [2.05, 4.69) is 16.4 Å². The highest BCUT2D eigenvalue weighted by atomic mass is 35.5. The van der Waals surface area contributed by atoms with Gasteiger partial charge < -0.3 is 14.8 Å². The van der Waals surface area contributed by atoms with Gasteiger partial charge in [-0.15, -0.1) is 0 Å². The third-order valence-corrected chi connectivity index (χ3v) is 5.76. The summed E-state index contributed by atoms with van der Waals surface area (Å²) in [5.74, 6) is 1.18. The minimum absolute atomic E-state index is 0.114. The summed E-state index contributed by atoms with van der Waals surface area (Å²) in [6.45, 7) is 2.87. The van der Waals surface area contributed by atoms with Crippen LogP contribution in [0, 0.1) is 18.3 Å². The molecule has 2 heterocycles. The number of nitriles is 1. The molecular weight excluding hydrogens is 410 g/mol. The van der Waals surface area contributed by atoms with Crippen LogP contribution in [0.25, 0.3) is 10.9 Å².